The second-order valence-corrected chi connectivity index (χ2v) is 9.53. The summed E-state index contributed by atoms with van der Waals surface area (Å²) in [5, 5.41) is 0. The van der Waals surface area contributed by atoms with Crippen molar-refractivity contribution in [2.45, 2.75) is 39.0 Å². The minimum Gasteiger partial charge on any atom is -0.493 e. The van der Waals surface area contributed by atoms with Crippen LogP contribution in [-0.2, 0) is 16.0 Å². The molecule has 5 heteroatoms. The molecule has 5 nitrogen and oxygen atoms in total. The van der Waals surface area contributed by atoms with Gasteiger partial charge in [0.15, 0.2) is 0 Å². The van der Waals surface area contributed by atoms with E-state index >= 15 is 0 Å². The van der Waals surface area contributed by atoms with Crippen molar-refractivity contribution < 1.29 is 14.3 Å². The van der Waals surface area contributed by atoms with Crippen LogP contribution in [0.2, 0.25) is 0 Å². The van der Waals surface area contributed by atoms with Crippen molar-refractivity contribution in [1.82, 2.24) is 9.80 Å². The maximum absolute atomic E-state index is 13.1. The van der Waals surface area contributed by atoms with Crippen molar-refractivity contribution in [1.29, 1.82) is 0 Å². The molecule has 0 radical (unpaired) electrons. The third-order valence-electron chi connectivity index (χ3n) is 7.34. The second kappa shape index (κ2) is 11.4. The molecule has 0 bridgehead atoms. The van der Waals surface area contributed by atoms with E-state index in [1.165, 1.54) is 5.56 Å². The molecule has 2 aromatic carbocycles. The van der Waals surface area contributed by atoms with Gasteiger partial charge in [0.05, 0.1) is 6.61 Å². The molecule has 33 heavy (non-hydrogen) atoms. The van der Waals surface area contributed by atoms with Gasteiger partial charge in [-0.3, -0.25) is 9.59 Å². The zero-order valence-electron chi connectivity index (χ0n) is 19.7. The summed E-state index contributed by atoms with van der Waals surface area (Å²) in [4.78, 5) is 28.8. The Morgan fingerprint density at radius 1 is 0.909 bits per heavy atom. The van der Waals surface area contributed by atoms with Crippen LogP contribution in [0.25, 0.3) is 0 Å². The Labute approximate surface area is 197 Å². The highest BCUT2D eigenvalue weighted by molar-refractivity contribution is 5.76. The lowest BCUT2D eigenvalue weighted by Crippen LogP contribution is -2.40. The number of hydrogen-bond donors (Lipinski definition) is 0. The van der Waals surface area contributed by atoms with E-state index in [-0.39, 0.29) is 11.8 Å². The lowest BCUT2D eigenvalue weighted by Gasteiger charge is -2.36. The first-order valence-electron chi connectivity index (χ1n) is 12.3. The molecule has 0 unspecified atom stereocenters. The molecule has 2 fully saturated rings. The van der Waals surface area contributed by atoms with Crippen LogP contribution in [0.3, 0.4) is 0 Å². The van der Waals surface area contributed by atoms with Gasteiger partial charge < -0.3 is 14.5 Å². The van der Waals surface area contributed by atoms with E-state index in [1.807, 2.05) is 41.3 Å². The summed E-state index contributed by atoms with van der Waals surface area (Å²) in [7, 11) is 0. The molecular formula is C28H36N2O3. The molecule has 2 aliphatic heterocycles. The van der Waals surface area contributed by atoms with Crippen LogP contribution in [0, 0.1) is 17.8 Å². The molecule has 2 amide bonds. The standard InChI is InChI=1S/C28H36N2O3/c1-22(31)29-17-15-24(16-18-29)27-20-30(19-25(27)21-33-26-12-6-3-7-13-26)28(32)14-8-11-23-9-4-2-5-10-23/h2-7,9-10,12-13,24-25,27H,8,11,14-21H2,1H3/t25-,27-/m0/s1. The monoisotopic (exact) mass is 448 g/mol. The SMILES string of the molecule is CC(=O)N1CCC([C@@H]2CN(C(=O)CCCc3ccccc3)C[C@H]2COc2ccccc2)CC1. The van der Waals surface area contributed by atoms with Crippen LogP contribution in [-0.4, -0.2) is 54.4 Å². The zero-order valence-corrected chi connectivity index (χ0v) is 19.7. The molecule has 0 N–H and O–H groups in total. The van der Waals surface area contributed by atoms with Gasteiger partial charge in [0.25, 0.3) is 0 Å². The Kier molecular flexibility index (Phi) is 8.03. The fraction of sp³-hybridized carbons (Fsp3) is 0.500. The highest BCUT2D eigenvalue weighted by Crippen LogP contribution is 2.36. The van der Waals surface area contributed by atoms with Crippen LogP contribution in [0.5, 0.6) is 5.75 Å². The first-order chi connectivity index (χ1) is 16.1. The van der Waals surface area contributed by atoms with Crippen LogP contribution in [0.4, 0.5) is 0 Å². The number of likely N-dealkylation sites (tertiary alicyclic amines) is 2. The van der Waals surface area contributed by atoms with Crippen LogP contribution < -0.4 is 4.74 Å². The quantitative estimate of drug-likeness (QED) is 0.601. The largest absolute Gasteiger partial charge is 0.493 e. The van der Waals surface area contributed by atoms with Crippen molar-refractivity contribution in [3.05, 3.63) is 66.2 Å². The topological polar surface area (TPSA) is 49.9 Å². The lowest BCUT2D eigenvalue weighted by molar-refractivity contribution is -0.130. The van der Waals surface area contributed by atoms with Crippen LogP contribution >= 0.6 is 0 Å². The molecule has 176 valence electrons. The zero-order chi connectivity index (χ0) is 23.0. The maximum Gasteiger partial charge on any atom is 0.222 e. The van der Waals surface area contributed by atoms with Gasteiger partial charge in [0, 0.05) is 45.4 Å². The van der Waals surface area contributed by atoms with Gasteiger partial charge >= 0.3 is 0 Å². The highest BCUT2D eigenvalue weighted by atomic mass is 16.5. The summed E-state index contributed by atoms with van der Waals surface area (Å²) >= 11 is 0. The summed E-state index contributed by atoms with van der Waals surface area (Å²) < 4.78 is 6.13. The summed E-state index contributed by atoms with van der Waals surface area (Å²) in [5.41, 5.74) is 1.29. The number of rotatable bonds is 8. The van der Waals surface area contributed by atoms with E-state index in [1.54, 1.807) is 6.92 Å². The molecule has 2 aromatic rings. The Hall–Kier alpha value is -2.82. The van der Waals surface area contributed by atoms with Crippen molar-refractivity contribution >= 4 is 11.8 Å². The number of amides is 2. The molecule has 0 spiro atoms. The van der Waals surface area contributed by atoms with Gasteiger partial charge in [-0.1, -0.05) is 48.5 Å². The molecule has 2 aliphatic rings. The number of carbonyl (C=O) groups excluding carboxylic acids is 2. The van der Waals surface area contributed by atoms with Gasteiger partial charge in [-0.05, 0) is 55.2 Å². The van der Waals surface area contributed by atoms with Gasteiger partial charge in [0.2, 0.25) is 11.8 Å². The third-order valence-corrected chi connectivity index (χ3v) is 7.34. The van der Waals surface area contributed by atoms with E-state index < -0.39 is 0 Å². The maximum atomic E-state index is 13.1. The lowest BCUT2D eigenvalue weighted by atomic mass is 9.78. The van der Waals surface area contributed by atoms with Crippen molar-refractivity contribution in [2.24, 2.45) is 17.8 Å². The molecule has 2 saturated heterocycles. The average molecular weight is 449 g/mol. The number of aryl methyl sites for hydroxylation is 1. The van der Waals surface area contributed by atoms with Crippen molar-refractivity contribution in [3.63, 3.8) is 0 Å². The Bertz CT molecular complexity index is 894. The summed E-state index contributed by atoms with van der Waals surface area (Å²) in [5.74, 6) is 2.61. The number of ether oxygens (including phenoxy) is 1. The Morgan fingerprint density at radius 3 is 2.24 bits per heavy atom. The van der Waals surface area contributed by atoms with E-state index in [2.05, 4.69) is 29.2 Å². The van der Waals surface area contributed by atoms with Gasteiger partial charge in [-0.15, -0.1) is 0 Å². The minimum absolute atomic E-state index is 0.166. The van der Waals surface area contributed by atoms with E-state index in [4.69, 9.17) is 4.74 Å². The number of nitrogens with zero attached hydrogens (tertiary/aromatic N) is 2. The Balaban J connectivity index is 1.35. The predicted molar refractivity (Wildman–Crippen MR) is 130 cm³/mol. The minimum atomic E-state index is 0.166. The van der Waals surface area contributed by atoms with Gasteiger partial charge in [-0.2, -0.15) is 0 Å². The molecule has 2 heterocycles. The number of hydrogen-bond acceptors (Lipinski definition) is 3. The van der Waals surface area contributed by atoms with Gasteiger partial charge in [-0.25, -0.2) is 0 Å². The molecule has 0 aliphatic carbocycles. The fourth-order valence-electron chi connectivity index (χ4n) is 5.42. The van der Waals surface area contributed by atoms with E-state index in [9.17, 15) is 9.59 Å². The van der Waals surface area contributed by atoms with Gasteiger partial charge in [0.1, 0.15) is 5.75 Å². The predicted octanol–water partition coefficient (Wildman–Crippen LogP) is 4.42. The Morgan fingerprint density at radius 2 is 1.58 bits per heavy atom. The smallest absolute Gasteiger partial charge is 0.222 e. The van der Waals surface area contributed by atoms with Crippen molar-refractivity contribution in [3.8, 4) is 5.75 Å². The van der Waals surface area contributed by atoms with E-state index in [0.29, 0.717) is 30.8 Å². The third kappa shape index (κ3) is 6.37. The van der Waals surface area contributed by atoms with Crippen LogP contribution in [0.15, 0.2) is 60.7 Å². The first kappa shape index (κ1) is 23.3. The summed E-state index contributed by atoms with van der Waals surface area (Å²) in [6.07, 6.45) is 4.45. The number of para-hydroxylation sites is 1. The fourth-order valence-corrected chi connectivity index (χ4v) is 5.42. The van der Waals surface area contributed by atoms with Crippen LogP contribution in [0.1, 0.15) is 38.2 Å². The molecule has 0 aromatic heterocycles. The normalized spacial score (nSPS) is 21.2. The number of carbonyl (C=O) groups is 2. The molecule has 2 atom stereocenters. The summed E-state index contributed by atoms with van der Waals surface area (Å²) in [6.45, 7) is 5.53. The first-order valence-corrected chi connectivity index (χ1v) is 12.3. The number of piperidine rings is 1. The molecule has 4 rings (SSSR count). The second-order valence-electron chi connectivity index (χ2n) is 9.53. The molecular weight excluding hydrogens is 412 g/mol. The summed E-state index contributed by atoms with van der Waals surface area (Å²) in [6, 6.07) is 20.3. The highest BCUT2D eigenvalue weighted by Gasteiger charge is 2.41. The average Bonchev–Trinajstić information content (AvgIpc) is 3.28. The molecule has 0 saturated carbocycles. The number of benzene rings is 2. The van der Waals surface area contributed by atoms with E-state index in [0.717, 1.165) is 57.6 Å². The van der Waals surface area contributed by atoms with Crippen molar-refractivity contribution in [2.75, 3.05) is 32.8 Å².